The predicted molar refractivity (Wildman–Crippen MR) is 117 cm³/mol. The van der Waals surface area contributed by atoms with Crippen molar-refractivity contribution in [3.05, 3.63) is 0 Å². The van der Waals surface area contributed by atoms with Crippen molar-refractivity contribution in [3.8, 4) is 0 Å². The lowest BCUT2D eigenvalue weighted by atomic mass is 10.0. The summed E-state index contributed by atoms with van der Waals surface area (Å²) in [5.74, 6) is 0.711. The first kappa shape index (κ1) is 28.7. The number of thioether (sulfide) groups is 1. The molecule has 1 rings (SSSR count). The minimum atomic E-state index is -4.82. The Morgan fingerprint density at radius 1 is 1.03 bits per heavy atom. The number of aliphatic hydroxyl groups excluding tert-OH is 4. The molecule has 184 valence electrons. The largest absolute Gasteiger partial charge is 0.466 e. The van der Waals surface area contributed by atoms with Crippen LogP contribution in [0.4, 0.5) is 0 Å². The van der Waals surface area contributed by atoms with E-state index in [0.717, 1.165) is 50.3 Å². The highest BCUT2D eigenvalue weighted by Gasteiger charge is 2.44. The highest BCUT2D eigenvalue weighted by Crippen LogP contribution is 2.30. The van der Waals surface area contributed by atoms with Crippen LogP contribution >= 0.6 is 11.8 Å². The van der Waals surface area contributed by atoms with Gasteiger partial charge >= 0.3 is 10.4 Å². The maximum Gasteiger partial charge on any atom is 0.466 e. The van der Waals surface area contributed by atoms with Crippen LogP contribution in [0.3, 0.4) is 0 Å². The molecule has 5 N–H and O–H groups in total. The quantitative estimate of drug-likeness (QED) is 0.0709. The molecule has 31 heavy (non-hydrogen) atoms. The minimum absolute atomic E-state index is 0.104. The Hall–Kier alpha value is -0.320. The average molecular weight is 508 g/mol. The standard InChI is InChI=1S/C17H33NO10S3/c1-30(23)10-8-6-4-2-3-5-7-9-13(18-28-31(24,25)26)29-17-16(22)15(21)14(20)12(11-19)27-17/h12,14-17,19-22H,2-11H2,1H3,(H,24,25,26)/t12-,14-,15+,16-,17+,30?/m1/s1. The van der Waals surface area contributed by atoms with Gasteiger partial charge in [0.2, 0.25) is 0 Å². The molecular weight excluding hydrogens is 474 g/mol. The first-order valence-corrected chi connectivity index (χ1v) is 14.0. The summed E-state index contributed by atoms with van der Waals surface area (Å²) in [5, 5.41) is 42.6. The van der Waals surface area contributed by atoms with Crippen LogP contribution in [0.1, 0.15) is 51.4 Å². The SMILES string of the molecule is CS(=O)CCCCCCCCCC(=NOS(=O)(=O)O)S[C@@H]1O[C@H](CO)[C@@H](O)[C@H](O)[C@H]1O. The first-order chi connectivity index (χ1) is 14.5. The van der Waals surface area contributed by atoms with Gasteiger partial charge in [-0.05, 0) is 19.3 Å². The molecule has 1 aliphatic heterocycles. The monoisotopic (exact) mass is 507 g/mol. The van der Waals surface area contributed by atoms with E-state index in [2.05, 4.69) is 9.44 Å². The van der Waals surface area contributed by atoms with Crippen LogP contribution in [-0.2, 0) is 30.2 Å². The molecule has 0 radical (unpaired) electrons. The van der Waals surface area contributed by atoms with Crippen molar-refractivity contribution in [1.29, 1.82) is 0 Å². The van der Waals surface area contributed by atoms with E-state index in [1.165, 1.54) is 0 Å². The second kappa shape index (κ2) is 14.8. The van der Waals surface area contributed by atoms with Gasteiger partial charge in [0, 0.05) is 22.8 Å². The molecule has 0 aliphatic carbocycles. The molecule has 1 saturated heterocycles. The average Bonchev–Trinajstić information content (AvgIpc) is 2.69. The summed E-state index contributed by atoms with van der Waals surface area (Å²) in [7, 11) is -5.58. The van der Waals surface area contributed by atoms with Crippen molar-refractivity contribution in [2.75, 3.05) is 18.6 Å². The Morgan fingerprint density at radius 3 is 2.16 bits per heavy atom. The molecule has 14 heteroatoms. The van der Waals surface area contributed by atoms with E-state index >= 15 is 0 Å². The summed E-state index contributed by atoms with van der Waals surface area (Å²) < 4.78 is 50.9. The predicted octanol–water partition coefficient (Wildman–Crippen LogP) is 0.152. The molecule has 0 amide bonds. The lowest BCUT2D eigenvalue weighted by Crippen LogP contribution is -2.57. The van der Waals surface area contributed by atoms with Gasteiger partial charge in [0.1, 0.15) is 34.9 Å². The van der Waals surface area contributed by atoms with E-state index in [1.807, 2.05) is 0 Å². The Balaban J connectivity index is 2.53. The van der Waals surface area contributed by atoms with Gasteiger partial charge in [-0.2, -0.15) is 8.42 Å². The second-order valence-corrected chi connectivity index (χ2v) is 11.0. The van der Waals surface area contributed by atoms with E-state index in [9.17, 15) is 33.1 Å². The van der Waals surface area contributed by atoms with Gasteiger partial charge in [-0.25, -0.2) is 4.28 Å². The van der Waals surface area contributed by atoms with Crippen molar-refractivity contribution < 1.29 is 46.6 Å². The number of unbranched alkanes of at least 4 members (excludes halogenated alkanes) is 6. The molecular formula is C17H33NO10S3. The van der Waals surface area contributed by atoms with E-state index in [1.54, 1.807) is 6.26 Å². The first-order valence-electron chi connectivity index (χ1n) is 10.0. The van der Waals surface area contributed by atoms with Gasteiger partial charge in [-0.3, -0.25) is 8.76 Å². The molecule has 1 aliphatic rings. The maximum atomic E-state index is 11.0. The van der Waals surface area contributed by atoms with Gasteiger partial charge < -0.3 is 25.2 Å². The Bertz CT molecular complexity index is 673. The molecule has 0 aromatic heterocycles. The summed E-state index contributed by atoms with van der Waals surface area (Å²) in [4.78, 5) is 0. The van der Waals surface area contributed by atoms with E-state index in [4.69, 9.17) is 9.29 Å². The van der Waals surface area contributed by atoms with E-state index in [0.29, 0.717) is 12.2 Å². The lowest BCUT2D eigenvalue weighted by Gasteiger charge is -2.39. The number of nitrogens with zero attached hydrogens (tertiary/aromatic N) is 1. The zero-order valence-electron chi connectivity index (χ0n) is 17.4. The normalized spacial score (nSPS) is 28.5. The van der Waals surface area contributed by atoms with Gasteiger partial charge in [0.15, 0.2) is 0 Å². The number of hydrogen-bond donors (Lipinski definition) is 5. The van der Waals surface area contributed by atoms with Crippen molar-refractivity contribution in [1.82, 2.24) is 0 Å². The third-order valence-electron chi connectivity index (χ3n) is 4.66. The number of ether oxygens (including phenoxy) is 1. The van der Waals surface area contributed by atoms with E-state index < -0.39 is 57.7 Å². The maximum absolute atomic E-state index is 11.0. The zero-order chi connectivity index (χ0) is 23.4. The van der Waals surface area contributed by atoms with Gasteiger partial charge in [-0.1, -0.05) is 49.0 Å². The Morgan fingerprint density at radius 2 is 1.61 bits per heavy atom. The Kier molecular flexibility index (Phi) is 13.7. The third-order valence-corrected chi connectivity index (χ3v) is 6.96. The van der Waals surface area contributed by atoms with Crippen LogP contribution in [0.5, 0.6) is 0 Å². The van der Waals surface area contributed by atoms with Crippen LogP contribution in [0.15, 0.2) is 5.16 Å². The second-order valence-electron chi connectivity index (χ2n) is 7.30. The summed E-state index contributed by atoms with van der Waals surface area (Å²) in [6, 6.07) is 0. The van der Waals surface area contributed by atoms with Crippen LogP contribution in [0, 0.1) is 0 Å². The fourth-order valence-corrected chi connectivity index (χ4v) is 4.93. The summed E-state index contributed by atoms with van der Waals surface area (Å²) >= 11 is 0.783. The molecule has 11 nitrogen and oxygen atoms in total. The van der Waals surface area contributed by atoms with Gasteiger partial charge in [0.25, 0.3) is 0 Å². The number of oxime groups is 1. The third kappa shape index (κ3) is 11.9. The summed E-state index contributed by atoms with van der Waals surface area (Å²) in [6.07, 6.45) is 2.61. The number of rotatable bonds is 14. The van der Waals surface area contributed by atoms with Crippen LogP contribution in [0.25, 0.3) is 0 Å². The van der Waals surface area contributed by atoms with Crippen molar-refractivity contribution in [3.63, 3.8) is 0 Å². The molecule has 0 aromatic rings. The van der Waals surface area contributed by atoms with Gasteiger partial charge in [0.05, 0.1) is 6.61 Å². The van der Waals surface area contributed by atoms with Crippen LogP contribution in [-0.4, -0.2) is 91.1 Å². The van der Waals surface area contributed by atoms with Crippen molar-refractivity contribution >= 4 is 38.0 Å². The van der Waals surface area contributed by atoms with E-state index in [-0.39, 0.29) is 11.5 Å². The Labute approximate surface area is 189 Å². The molecule has 1 fully saturated rings. The minimum Gasteiger partial charge on any atom is -0.394 e. The van der Waals surface area contributed by atoms with Crippen LogP contribution in [0.2, 0.25) is 0 Å². The van der Waals surface area contributed by atoms with Crippen molar-refractivity contribution in [2.45, 2.75) is 81.2 Å². The number of hydrogen-bond acceptors (Lipinski definition) is 11. The smallest absolute Gasteiger partial charge is 0.394 e. The molecule has 1 heterocycles. The topological polar surface area (TPSA) is 183 Å². The highest BCUT2D eigenvalue weighted by molar-refractivity contribution is 8.14. The number of aliphatic hydroxyl groups is 4. The molecule has 0 spiro atoms. The molecule has 0 bridgehead atoms. The van der Waals surface area contributed by atoms with Gasteiger partial charge in [-0.15, -0.1) is 0 Å². The summed E-state index contributed by atoms with van der Waals surface area (Å²) in [6.45, 7) is -0.593. The lowest BCUT2D eigenvalue weighted by molar-refractivity contribution is -0.205. The molecule has 1 unspecified atom stereocenters. The fourth-order valence-electron chi connectivity index (χ4n) is 2.98. The zero-order valence-corrected chi connectivity index (χ0v) is 19.9. The molecule has 0 aromatic carbocycles. The molecule has 0 saturated carbocycles. The fraction of sp³-hybridized carbons (Fsp3) is 0.941. The van der Waals surface area contributed by atoms with Crippen LogP contribution < -0.4 is 0 Å². The summed E-state index contributed by atoms with van der Waals surface area (Å²) in [5.41, 5.74) is -1.14. The highest BCUT2D eigenvalue weighted by atomic mass is 32.3. The van der Waals surface area contributed by atoms with Crippen molar-refractivity contribution in [2.24, 2.45) is 5.16 Å². The molecule has 6 atom stereocenters.